The molecule has 0 N–H and O–H groups in total. The zero-order valence-electron chi connectivity index (χ0n) is 16.3. The van der Waals surface area contributed by atoms with Crippen LogP contribution < -0.4 is 0 Å². The average Bonchev–Trinajstić information content (AvgIpc) is 2.60. The molecule has 0 aliphatic rings. The Morgan fingerprint density at radius 3 is 2.12 bits per heavy atom. The van der Waals surface area contributed by atoms with E-state index in [1.54, 1.807) is 24.3 Å². The van der Waals surface area contributed by atoms with Crippen LogP contribution in [-0.2, 0) is 16.3 Å². The Bertz CT molecular complexity index is 826. The van der Waals surface area contributed by atoms with E-state index in [2.05, 4.69) is 58.5 Å². The molecule has 0 fully saturated rings. The first kappa shape index (κ1) is 20.4. The molecule has 2 aromatic rings. The summed E-state index contributed by atoms with van der Waals surface area (Å²) in [6, 6.07) is 17.1. The fourth-order valence-corrected chi connectivity index (χ4v) is 4.19. The molecule has 0 saturated carbocycles. The molecule has 0 radical (unpaired) electrons. The maximum absolute atomic E-state index is 12.6. The first-order chi connectivity index (χ1) is 12.1. The molecule has 140 valence electrons. The lowest BCUT2D eigenvalue weighted by molar-refractivity contribution is 0.378. The van der Waals surface area contributed by atoms with Gasteiger partial charge in [0, 0.05) is 4.91 Å². The van der Waals surface area contributed by atoms with E-state index in [0.717, 1.165) is 18.4 Å². The molecule has 0 amide bonds. The van der Waals surface area contributed by atoms with Crippen LogP contribution in [0.3, 0.4) is 0 Å². The monoisotopic (exact) mass is 370 g/mol. The predicted molar refractivity (Wildman–Crippen MR) is 110 cm³/mol. The molecule has 2 aromatic carbocycles. The van der Waals surface area contributed by atoms with Gasteiger partial charge in [-0.05, 0) is 53.9 Å². The Kier molecular flexibility index (Phi) is 6.46. The molecule has 0 aliphatic heterocycles. The van der Waals surface area contributed by atoms with Crippen LogP contribution in [0.1, 0.15) is 57.6 Å². The van der Waals surface area contributed by atoms with Crippen molar-refractivity contribution >= 4 is 9.84 Å². The third-order valence-electron chi connectivity index (χ3n) is 4.68. The zero-order valence-corrected chi connectivity index (χ0v) is 17.1. The van der Waals surface area contributed by atoms with Crippen LogP contribution in [0, 0.1) is 5.41 Å². The molecule has 0 spiro atoms. The highest BCUT2D eigenvalue weighted by molar-refractivity contribution is 7.95. The van der Waals surface area contributed by atoms with Crippen molar-refractivity contribution in [3.05, 3.63) is 77.2 Å². The molecule has 0 bridgehead atoms. The third kappa shape index (κ3) is 5.57. The molecule has 0 heterocycles. The average molecular weight is 371 g/mol. The van der Waals surface area contributed by atoms with Gasteiger partial charge in [-0.1, -0.05) is 76.7 Å². The number of benzene rings is 2. The Balaban J connectivity index is 2.03. The van der Waals surface area contributed by atoms with Crippen LogP contribution >= 0.6 is 0 Å². The smallest absolute Gasteiger partial charge is 0.202 e. The van der Waals surface area contributed by atoms with Crippen molar-refractivity contribution in [2.75, 3.05) is 0 Å². The number of sulfone groups is 1. The topological polar surface area (TPSA) is 34.1 Å². The van der Waals surface area contributed by atoms with Crippen molar-refractivity contribution in [1.82, 2.24) is 0 Å². The van der Waals surface area contributed by atoms with Crippen LogP contribution in [-0.4, -0.2) is 8.42 Å². The molecule has 26 heavy (non-hydrogen) atoms. The fourth-order valence-electron chi connectivity index (χ4n) is 2.87. The van der Waals surface area contributed by atoms with E-state index in [0.29, 0.717) is 16.7 Å². The van der Waals surface area contributed by atoms with Gasteiger partial charge in [0.2, 0.25) is 9.84 Å². The lowest BCUT2D eigenvalue weighted by atomic mass is 9.88. The summed E-state index contributed by atoms with van der Waals surface area (Å²) in [6.45, 7) is 12.7. The first-order valence-corrected chi connectivity index (χ1v) is 10.6. The Morgan fingerprint density at radius 1 is 1.00 bits per heavy atom. The second-order valence-electron chi connectivity index (χ2n) is 8.26. The highest BCUT2D eigenvalue weighted by Gasteiger charge is 2.21. The van der Waals surface area contributed by atoms with Gasteiger partial charge in [0.1, 0.15) is 0 Å². The second kappa shape index (κ2) is 8.22. The van der Waals surface area contributed by atoms with Crippen LogP contribution in [0.4, 0.5) is 0 Å². The number of hydrogen-bond donors (Lipinski definition) is 0. The maximum atomic E-state index is 12.6. The fraction of sp³-hybridized carbons (Fsp3) is 0.391. The molecule has 2 rings (SSSR count). The standard InChI is InChI=1S/C23H30O2S/c1-18(17-19(2)26(24,25)22-9-7-6-8-10-22)21-13-11-20(12-14-21)15-16-23(3,4)5/h6-14,18H,2,15-17H2,1,3-5H3. The van der Waals surface area contributed by atoms with E-state index in [-0.39, 0.29) is 10.8 Å². The molecule has 0 saturated heterocycles. The summed E-state index contributed by atoms with van der Waals surface area (Å²) < 4.78 is 25.3. The van der Waals surface area contributed by atoms with Crippen molar-refractivity contribution in [2.45, 2.75) is 57.8 Å². The summed E-state index contributed by atoms with van der Waals surface area (Å²) in [5.74, 6) is 0.109. The van der Waals surface area contributed by atoms with Gasteiger partial charge in [-0.3, -0.25) is 0 Å². The predicted octanol–water partition coefficient (Wildman–Crippen LogP) is 6.15. The SMILES string of the molecule is C=C(CC(C)c1ccc(CCC(C)(C)C)cc1)S(=O)(=O)c1ccccc1. The lowest BCUT2D eigenvalue weighted by Gasteiger charge is -2.18. The quantitative estimate of drug-likeness (QED) is 0.586. The van der Waals surface area contributed by atoms with Crippen molar-refractivity contribution in [2.24, 2.45) is 5.41 Å². The summed E-state index contributed by atoms with van der Waals surface area (Å²) in [6.07, 6.45) is 2.64. The summed E-state index contributed by atoms with van der Waals surface area (Å²) in [5.41, 5.74) is 2.80. The molecule has 2 nitrogen and oxygen atoms in total. The summed E-state index contributed by atoms with van der Waals surface area (Å²) in [7, 11) is -3.47. The van der Waals surface area contributed by atoms with Crippen LogP contribution in [0.15, 0.2) is 71.0 Å². The molecular formula is C23H30O2S. The number of aryl methyl sites for hydroxylation is 1. The molecule has 1 unspecified atom stereocenters. The third-order valence-corrected chi connectivity index (χ3v) is 6.50. The van der Waals surface area contributed by atoms with Gasteiger partial charge in [0.25, 0.3) is 0 Å². The largest absolute Gasteiger partial charge is 0.219 e. The van der Waals surface area contributed by atoms with Gasteiger partial charge >= 0.3 is 0 Å². The minimum Gasteiger partial charge on any atom is -0.219 e. The van der Waals surface area contributed by atoms with E-state index >= 15 is 0 Å². The van der Waals surface area contributed by atoms with E-state index < -0.39 is 9.84 Å². The molecule has 1 atom stereocenters. The van der Waals surface area contributed by atoms with Crippen molar-refractivity contribution in [3.8, 4) is 0 Å². The molecular weight excluding hydrogens is 340 g/mol. The molecule has 0 aromatic heterocycles. The summed E-state index contributed by atoms with van der Waals surface area (Å²) >= 11 is 0. The number of allylic oxidation sites excluding steroid dienone is 1. The zero-order chi connectivity index (χ0) is 19.4. The van der Waals surface area contributed by atoms with Gasteiger partial charge in [0.15, 0.2) is 0 Å². The van der Waals surface area contributed by atoms with Gasteiger partial charge < -0.3 is 0 Å². The van der Waals surface area contributed by atoms with Gasteiger partial charge in [-0.15, -0.1) is 0 Å². The van der Waals surface area contributed by atoms with E-state index in [1.807, 2.05) is 6.07 Å². The van der Waals surface area contributed by atoms with E-state index in [9.17, 15) is 8.42 Å². The lowest BCUT2D eigenvalue weighted by Crippen LogP contribution is -2.07. The van der Waals surface area contributed by atoms with Crippen molar-refractivity contribution in [1.29, 1.82) is 0 Å². The Labute approximate surface area is 158 Å². The highest BCUT2D eigenvalue weighted by atomic mass is 32.2. The van der Waals surface area contributed by atoms with Crippen LogP contribution in [0.25, 0.3) is 0 Å². The first-order valence-electron chi connectivity index (χ1n) is 9.16. The normalized spacial score (nSPS) is 13.4. The molecule has 3 heteroatoms. The summed E-state index contributed by atoms with van der Waals surface area (Å²) in [5, 5.41) is 0. The second-order valence-corrected chi connectivity index (χ2v) is 10.3. The summed E-state index contributed by atoms with van der Waals surface area (Å²) in [4.78, 5) is 0.586. The van der Waals surface area contributed by atoms with Crippen molar-refractivity contribution in [3.63, 3.8) is 0 Å². The van der Waals surface area contributed by atoms with Crippen molar-refractivity contribution < 1.29 is 8.42 Å². The van der Waals surface area contributed by atoms with E-state index in [1.165, 1.54) is 5.56 Å². The van der Waals surface area contributed by atoms with Crippen LogP contribution in [0.5, 0.6) is 0 Å². The van der Waals surface area contributed by atoms with Gasteiger partial charge in [0.05, 0.1) is 4.90 Å². The highest BCUT2D eigenvalue weighted by Crippen LogP contribution is 2.29. The van der Waals surface area contributed by atoms with Gasteiger partial charge in [-0.25, -0.2) is 8.42 Å². The minimum atomic E-state index is -3.47. The maximum Gasteiger partial charge on any atom is 0.202 e. The van der Waals surface area contributed by atoms with E-state index in [4.69, 9.17) is 0 Å². The van der Waals surface area contributed by atoms with Gasteiger partial charge in [-0.2, -0.15) is 0 Å². The Morgan fingerprint density at radius 2 is 1.58 bits per heavy atom. The number of hydrogen-bond acceptors (Lipinski definition) is 2. The Hall–Kier alpha value is -1.87. The molecule has 0 aliphatic carbocycles. The number of rotatable bonds is 7. The van der Waals surface area contributed by atoms with Crippen LogP contribution in [0.2, 0.25) is 0 Å². The minimum absolute atomic E-state index is 0.109.